The van der Waals surface area contributed by atoms with E-state index in [0.29, 0.717) is 0 Å². The quantitative estimate of drug-likeness (QED) is 0.652. The summed E-state index contributed by atoms with van der Waals surface area (Å²) >= 11 is 6.03. The molecular formula is C8H11ClN2. The molecule has 0 aliphatic rings. The van der Waals surface area contributed by atoms with Crippen LogP contribution in [-0.4, -0.2) is 9.97 Å². The van der Waals surface area contributed by atoms with Gasteiger partial charge in [-0.3, -0.25) is 0 Å². The van der Waals surface area contributed by atoms with Gasteiger partial charge in [0.1, 0.15) is 6.33 Å². The maximum Gasteiger partial charge on any atom is 0.115 e. The normalized spacial score (nSPS) is 12.9. The third kappa shape index (κ3) is 2.46. The van der Waals surface area contributed by atoms with Crippen molar-refractivity contribution in [2.45, 2.75) is 25.1 Å². The summed E-state index contributed by atoms with van der Waals surface area (Å²) in [5.41, 5.74) is 1.01. The van der Waals surface area contributed by atoms with Crippen LogP contribution in [0.3, 0.4) is 0 Å². The molecule has 1 unspecified atom stereocenters. The molecule has 0 amide bonds. The van der Waals surface area contributed by atoms with Crippen LogP contribution >= 0.6 is 11.6 Å². The molecule has 0 aromatic carbocycles. The molecule has 1 rings (SSSR count). The standard InChI is InChI=1S/C8H11ClN2/c1-2-3-8(9)7-4-10-6-11-5-7/h4-6,8H,2-3H2,1H3. The average molecular weight is 171 g/mol. The number of rotatable bonds is 3. The third-order valence-corrected chi connectivity index (χ3v) is 1.95. The Morgan fingerprint density at radius 3 is 2.64 bits per heavy atom. The number of halogens is 1. The van der Waals surface area contributed by atoms with Crippen LogP contribution in [0.25, 0.3) is 0 Å². The topological polar surface area (TPSA) is 25.8 Å². The van der Waals surface area contributed by atoms with Gasteiger partial charge in [0.2, 0.25) is 0 Å². The number of hydrogen-bond donors (Lipinski definition) is 0. The Hall–Kier alpha value is -0.630. The van der Waals surface area contributed by atoms with Crippen LogP contribution in [0.4, 0.5) is 0 Å². The second-order valence-corrected chi connectivity index (χ2v) is 2.95. The fraction of sp³-hybridized carbons (Fsp3) is 0.500. The van der Waals surface area contributed by atoms with E-state index in [1.54, 1.807) is 12.4 Å². The summed E-state index contributed by atoms with van der Waals surface area (Å²) in [4.78, 5) is 7.78. The first kappa shape index (κ1) is 8.47. The Labute approximate surface area is 71.6 Å². The summed E-state index contributed by atoms with van der Waals surface area (Å²) < 4.78 is 0. The average Bonchev–Trinajstić information content (AvgIpc) is 2.07. The summed E-state index contributed by atoms with van der Waals surface area (Å²) in [5.74, 6) is 0. The lowest BCUT2D eigenvalue weighted by Crippen LogP contribution is -1.91. The molecule has 60 valence electrons. The lowest BCUT2D eigenvalue weighted by atomic mass is 10.1. The molecule has 0 N–H and O–H groups in total. The maximum atomic E-state index is 6.03. The van der Waals surface area contributed by atoms with Gasteiger partial charge in [-0.15, -0.1) is 11.6 Å². The lowest BCUT2D eigenvalue weighted by Gasteiger charge is -2.05. The van der Waals surface area contributed by atoms with Crippen molar-refractivity contribution in [3.63, 3.8) is 0 Å². The first-order chi connectivity index (χ1) is 5.34. The van der Waals surface area contributed by atoms with Crippen molar-refractivity contribution in [1.29, 1.82) is 0 Å². The van der Waals surface area contributed by atoms with E-state index in [4.69, 9.17) is 11.6 Å². The predicted octanol–water partition coefficient (Wildman–Crippen LogP) is 2.56. The van der Waals surface area contributed by atoms with E-state index < -0.39 is 0 Å². The van der Waals surface area contributed by atoms with Crippen molar-refractivity contribution in [3.05, 3.63) is 24.3 Å². The second kappa shape index (κ2) is 4.29. The molecule has 0 saturated carbocycles. The Bertz CT molecular complexity index is 201. The van der Waals surface area contributed by atoms with Gasteiger partial charge in [-0.1, -0.05) is 13.3 Å². The molecule has 0 saturated heterocycles. The Kier molecular flexibility index (Phi) is 3.30. The molecule has 0 aliphatic carbocycles. The highest BCUT2D eigenvalue weighted by atomic mass is 35.5. The number of alkyl halides is 1. The smallest absolute Gasteiger partial charge is 0.115 e. The van der Waals surface area contributed by atoms with E-state index in [9.17, 15) is 0 Å². The summed E-state index contributed by atoms with van der Waals surface area (Å²) in [6.45, 7) is 2.11. The fourth-order valence-corrected chi connectivity index (χ4v) is 1.22. The van der Waals surface area contributed by atoms with E-state index in [-0.39, 0.29) is 5.38 Å². The summed E-state index contributed by atoms with van der Waals surface area (Å²) in [6, 6.07) is 0. The molecule has 3 heteroatoms. The highest BCUT2D eigenvalue weighted by Gasteiger charge is 2.05. The third-order valence-electron chi connectivity index (χ3n) is 1.48. The van der Waals surface area contributed by atoms with E-state index in [1.165, 1.54) is 6.33 Å². The van der Waals surface area contributed by atoms with E-state index >= 15 is 0 Å². The van der Waals surface area contributed by atoms with Gasteiger partial charge >= 0.3 is 0 Å². The molecule has 1 heterocycles. The van der Waals surface area contributed by atoms with Crippen LogP contribution < -0.4 is 0 Å². The molecule has 0 spiro atoms. The molecule has 0 bridgehead atoms. The highest BCUT2D eigenvalue weighted by molar-refractivity contribution is 6.20. The van der Waals surface area contributed by atoms with Crippen molar-refractivity contribution >= 4 is 11.6 Å². The van der Waals surface area contributed by atoms with Crippen molar-refractivity contribution in [3.8, 4) is 0 Å². The van der Waals surface area contributed by atoms with Gasteiger partial charge in [0.25, 0.3) is 0 Å². The number of aromatic nitrogens is 2. The molecule has 1 aromatic heterocycles. The molecule has 0 radical (unpaired) electrons. The van der Waals surface area contributed by atoms with Crippen LogP contribution in [0.5, 0.6) is 0 Å². The molecule has 2 nitrogen and oxygen atoms in total. The van der Waals surface area contributed by atoms with E-state index in [1.807, 2.05) is 0 Å². The summed E-state index contributed by atoms with van der Waals surface area (Å²) in [6.07, 6.45) is 7.11. The fourth-order valence-electron chi connectivity index (χ4n) is 0.892. The van der Waals surface area contributed by atoms with Crippen molar-refractivity contribution < 1.29 is 0 Å². The lowest BCUT2D eigenvalue weighted by molar-refractivity contribution is 0.763. The summed E-state index contributed by atoms with van der Waals surface area (Å²) in [7, 11) is 0. The predicted molar refractivity (Wildman–Crippen MR) is 45.5 cm³/mol. The molecule has 11 heavy (non-hydrogen) atoms. The van der Waals surface area contributed by atoms with Gasteiger partial charge in [-0.25, -0.2) is 9.97 Å². The summed E-state index contributed by atoms with van der Waals surface area (Å²) in [5, 5.41) is 0.0706. The van der Waals surface area contributed by atoms with Gasteiger partial charge in [-0.05, 0) is 6.42 Å². The van der Waals surface area contributed by atoms with Crippen LogP contribution in [0.2, 0.25) is 0 Å². The minimum atomic E-state index is 0.0706. The zero-order valence-electron chi connectivity index (χ0n) is 6.50. The largest absolute Gasteiger partial charge is 0.244 e. The Balaban J connectivity index is 2.61. The zero-order valence-corrected chi connectivity index (χ0v) is 7.25. The SMILES string of the molecule is CCCC(Cl)c1cncnc1. The molecule has 1 aromatic rings. The van der Waals surface area contributed by atoms with Gasteiger partial charge in [0.05, 0.1) is 5.38 Å². The highest BCUT2D eigenvalue weighted by Crippen LogP contribution is 2.23. The van der Waals surface area contributed by atoms with Gasteiger partial charge in [-0.2, -0.15) is 0 Å². The molecular weight excluding hydrogens is 160 g/mol. The van der Waals surface area contributed by atoms with Crippen LogP contribution in [0.15, 0.2) is 18.7 Å². The minimum Gasteiger partial charge on any atom is -0.244 e. The first-order valence-electron chi connectivity index (χ1n) is 3.73. The van der Waals surface area contributed by atoms with Gasteiger partial charge in [0, 0.05) is 18.0 Å². The van der Waals surface area contributed by atoms with Crippen LogP contribution in [0, 0.1) is 0 Å². The van der Waals surface area contributed by atoms with E-state index in [2.05, 4.69) is 16.9 Å². The van der Waals surface area contributed by atoms with Crippen molar-refractivity contribution in [2.24, 2.45) is 0 Å². The van der Waals surface area contributed by atoms with E-state index in [0.717, 1.165) is 18.4 Å². The monoisotopic (exact) mass is 170 g/mol. The Morgan fingerprint density at radius 1 is 1.45 bits per heavy atom. The van der Waals surface area contributed by atoms with Gasteiger partial charge in [0.15, 0.2) is 0 Å². The molecule has 0 aliphatic heterocycles. The number of nitrogens with zero attached hydrogens (tertiary/aromatic N) is 2. The Morgan fingerprint density at radius 2 is 2.09 bits per heavy atom. The van der Waals surface area contributed by atoms with Crippen LogP contribution in [0.1, 0.15) is 30.7 Å². The number of hydrogen-bond acceptors (Lipinski definition) is 2. The van der Waals surface area contributed by atoms with Gasteiger partial charge < -0.3 is 0 Å². The molecule has 0 fully saturated rings. The van der Waals surface area contributed by atoms with Crippen molar-refractivity contribution in [2.75, 3.05) is 0 Å². The molecule has 1 atom stereocenters. The second-order valence-electron chi connectivity index (χ2n) is 2.43. The first-order valence-corrected chi connectivity index (χ1v) is 4.17. The zero-order chi connectivity index (χ0) is 8.10. The maximum absolute atomic E-state index is 6.03. The van der Waals surface area contributed by atoms with Crippen molar-refractivity contribution in [1.82, 2.24) is 9.97 Å². The van der Waals surface area contributed by atoms with Crippen LogP contribution in [-0.2, 0) is 0 Å². The minimum absolute atomic E-state index is 0.0706.